The second-order valence-electron chi connectivity index (χ2n) is 6.24. The predicted molar refractivity (Wildman–Crippen MR) is 91.5 cm³/mol. The van der Waals surface area contributed by atoms with Crippen molar-refractivity contribution in [1.29, 1.82) is 0 Å². The largest absolute Gasteiger partial charge is 0.340 e. The Bertz CT molecular complexity index is 750. The molecule has 6 heteroatoms. The maximum Gasteiger partial charge on any atom is 0.229 e. The predicted octanol–water partition coefficient (Wildman–Crippen LogP) is 3.09. The molecule has 1 saturated heterocycles. The quantitative estimate of drug-likeness (QED) is 0.941. The number of carbonyl (C=O) groups excluding carboxylic acids is 1. The fraction of sp³-hybridized carbons (Fsp3) is 0.389. The minimum atomic E-state index is -0.314. The molecule has 1 aliphatic heterocycles. The highest BCUT2D eigenvalue weighted by molar-refractivity contribution is 5.93. The summed E-state index contributed by atoms with van der Waals surface area (Å²) in [6.07, 6.45) is 3.44. The Kier molecular flexibility index (Phi) is 4.74. The van der Waals surface area contributed by atoms with Gasteiger partial charge in [-0.3, -0.25) is 4.79 Å². The van der Waals surface area contributed by atoms with Gasteiger partial charge in [0.1, 0.15) is 5.82 Å². The molecule has 3 rings (SSSR count). The Morgan fingerprint density at radius 3 is 2.92 bits per heavy atom. The number of hydrogen-bond acceptors (Lipinski definition) is 4. The second-order valence-corrected chi connectivity index (χ2v) is 6.24. The molecule has 2 heterocycles. The number of benzene rings is 1. The van der Waals surface area contributed by atoms with Gasteiger partial charge in [-0.05, 0) is 50.5 Å². The van der Waals surface area contributed by atoms with Gasteiger partial charge in [0.25, 0.3) is 0 Å². The van der Waals surface area contributed by atoms with E-state index in [4.69, 9.17) is 0 Å². The van der Waals surface area contributed by atoms with Crippen LogP contribution in [0.4, 0.5) is 16.0 Å². The molecular formula is C18H21FN4O. The van der Waals surface area contributed by atoms with E-state index in [0.29, 0.717) is 23.7 Å². The van der Waals surface area contributed by atoms with Gasteiger partial charge in [0, 0.05) is 30.7 Å². The van der Waals surface area contributed by atoms with Crippen LogP contribution in [0.5, 0.6) is 0 Å². The summed E-state index contributed by atoms with van der Waals surface area (Å²) in [5, 5.41) is 2.82. The minimum absolute atomic E-state index is 0.0874. The SMILES string of the molecule is Cc1ccnc(N2CCC[C@@H](C(=O)Nc3ccc(C)c(F)c3)C2)n1. The molecule has 0 aliphatic carbocycles. The van der Waals surface area contributed by atoms with Crippen molar-refractivity contribution >= 4 is 17.5 Å². The molecule has 0 bridgehead atoms. The zero-order valence-electron chi connectivity index (χ0n) is 13.9. The first-order valence-electron chi connectivity index (χ1n) is 8.14. The summed E-state index contributed by atoms with van der Waals surface area (Å²) < 4.78 is 13.6. The van der Waals surface area contributed by atoms with Crippen molar-refractivity contribution in [2.45, 2.75) is 26.7 Å². The maximum absolute atomic E-state index is 13.6. The van der Waals surface area contributed by atoms with Crippen LogP contribution in [0.3, 0.4) is 0 Å². The third kappa shape index (κ3) is 3.69. The smallest absolute Gasteiger partial charge is 0.229 e. The van der Waals surface area contributed by atoms with Crippen molar-refractivity contribution in [3.05, 3.63) is 47.5 Å². The molecule has 0 spiro atoms. The van der Waals surface area contributed by atoms with Gasteiger partial charge in [0.05, 0.1) is 5.92 Å². The summed E-state index contributed by atoms with van der Waals surface area (Å²) in [7, 11) is 0. The summed E-state index contributed by atoms with van der Waals surface area (Å²) in [5.41, 5.74) is 1.96. The number of nitrogens with zero attached hydrogens (tertiary/aromatic N) is 3. The van der Waals surface area contributed by atoms with E-state index < -0.39 is 0 Å². The van der Waals surface area contributed by atoms with E-state index >= 15 is 0 Å². The summed E-state index contributed by atoms with van der Waals surface area (Å²) in [6, 6.07) is 6.60. The van der Waals surface area contributed by atoms with Crippen molar-refractivity contribution in [2.75, 3.05) is 23.3 Å². The molecule has 2 aromatic rings. The highest BCUT2D eigenvalue weighted by Crippen LogP contribution is 2.22. The summed E-state index contributed by atoms with van der Waals surface area (Å²) >= 11 is 0. The average Bonchev–Trinajstić information content (AvgIpc) is 2.58. The number of aromatic nitrogens is 2. The first-order chi connectivity index (χ1) is 11.5. The Labute approximate surface area is 140 Å². The standard InChI is InChI=1S/C18H21FN4O/c1-12-5-6-15(10-16(12)19)22-17(24)14-4-3-9-23(11-14)18-20-8-7-13(2)21-18/h5-8,10,14H,3-4,9,11H2,1-2H3,(H,22,24)/t14-/m1/s1. The lowest BCUT2D eigenvalue weighted by atomic mass is 9.97. The first kappa shape index (κ1) is 16.4. The van der Waals surface area contributed by atoms with E-state index in [9.17, 15) is 9.18 Å². The van der Waals surface area contributed by atoms with Gasteiger partial charge in [-0.15, -0.1) is 0 Å². The molecule has 1 fully saturated rings. The normalized spacial score (nSPS) is 17.6. The highest BCUT2D eigenvalue weighted by atomic mass is 19.1. The first-order valence-corrected chi connectivity index (χ1v) is 8.14. The molecule has 1 amide bonds. The van der Waals surface area contributed by atoms with Crippen LogP contribution in [0.15, 0.2) is 30.5 Å². The molecule has 0 saturated carbocycles. The number of piperidine rings is 1. The third-order valence-electron chi connectivity index (χ3n) is 4.30. The van der Waals surface area contributed by atoms with Gasteiger partial charge in [-0.1, -0.05) is 6.07 Å². The number of anilines is 2. The molecule has 1 aliphatic rings. The number of hydrogen-bond donors (Lipinski definition) is 1. The lowest BCUT2D eigenvalue weighted by Crippen LogP contribution is -2.41. The van der Waals surface area contributed by atoms with Crippen LogP contribution in [-0.2, 0) is 4.79 Å². The Hall–Kier alpha value is -2.50. The second kappa shape index (κ2) is 6.95. The molecule has 0 radical (unpaired) electrons. The van der Waals surface area contributed by atoms with E-state index in [1.54, 1.807) is 25.3 Å². The van der Waals surface area contributed by atoms with Crippen LogP contribution in [0, 0.1) is 25.6 Å². The van der Waals surface area contributed by atoms with E-state index in [0.717, 1.165) is 25.1 Å². The van der Waals surface area contributed by atoms with Crippen LogP contribution in [-0.4, -0.2) is 29.0 Å². The van der Waals surface area contributed by atoms with Gasteiger partial charge in [0.2, 0.25) is 11.9 Å². The minimum Gasteiger partial charge on any atom is -0.340 e. The van der Waals surface area contributed by atoms with Crippen LogP contribution < -0.4 is 10.2 Å². The molecule has 1 atom stereocenters. The Morgan fingerprint density at radius 1 is 1.33 bits per heavy atom. The molecule has 24 heavy (non-hydrogen) atoms. The number of aryl methyl sites for hydroxylation is 2. The lowest BCUT2D eigenvalue weighted by molar-refractivity contribution is -0.120. The van der Waals surface area contributed by atoms with E-state index in [-0.39, 0.29) is 17.6 Å². The summed E-state index contributed by atoms with van der Waals surface area (Å²) in [4.78, 5) is 23.3. The van der Waals surface area contributed by atoms with Gasteiger partial charge in [0.15, 0.2) is 0 Å². The van der Waals surface area contributed by atoms with Gasteiger partial charge >= 0.3 is 0 Å². The number of amides is 1. The van der Waals surface area contributed by atoms with Crippen LogP contribution in [0.25, 0.3) is 0 Å². The molecule has 0 unspecified atom stereocenters. The zero-order valence-corrected chi connectivity index (χ0v) is 13.9. The van der Waals surface area contributed by atoms with Crippen LogP contribution >= 0.6 is 0 Å². The van der Waals surface area contributed by atoms with E-state index in [2.05, 4.69) is 15.3 Å². The average molecular weight is 328 g/mol. The summed E-state index contributed by atoms with van der Waals surface area (Å²) in [5.74, 6) is 0.0999. The van der Waals surface area contributed by atoms with Crippen molar-refractivity contribution < 1.29 is 9.18 Å². The Morgan fingerprint density at radius 2 is 2.17 bits per heavy atom. The molecule has 5 nitrogen and oxygen atoms in total. The van der Waals surface area contributed by atoms with Gasteiger partial charge in [-0.25, -0.2) is 14.4 Å². The van der Waals surface area contributed by atoms with Gasteiger partial charge in [-0.2, -0.15) is 0 Å². The van der Waals surface area contributed by atoms with Crippen molar-refractivity contribution in [3.8, 4) is 0 Å². The van der Waals surface area contributed by atoms with Crippen LogP contribution in [0.1, 0.15) is 24.1 Å². The molecular weight excluding hydrogens is 307 g/mol. The Balaban J connectivity index is 1.67. The summed E-state index contributed by atoms with van der Waals surface area (Å²) in [6.45, 7) is 5.03. The molecule has 126 valence electrons. The van der Waals surface area contributed by atoms with E-state index in [1.165, 1.54) is 6.07 Å². The molecule has 1 aromatic heterocycles. The lowest BCUT2D eigenvalue weighted by Gasteiger charge is -2.32. The van der Waals surface area contributed by atoms with Crippen molar-refractivity contribution in [3.63, 3.8) is 0 Å². The maximum atomic E-state index is 13.6. The molecule has 1 N–H and O–H groups in total. The van der Waals surface area contributed by atoms with Crippen molar-refractivity contribution in [1.82, 2.24) is 9.97 Å². The number of rotatable bonds is 3. The van der Waals surface area contributed by atoms with Crippen molar-refractivity contribution in [2.24, 2.45) is 5.92 Å². The van der Waals surface area contributed by atoms with E-state index in [1.807, 2.05) is 17.9 Å². The number of halogens is 1. The fourth-order valence-corrected chi connectivity index (χ4v) is 2.88. The van der Waals surface area contributed by atoms with Gasteiger partial charge < -0.3 is 10.2 Å². The number of nitrogens with one attached hydrogen (secondary N) is 1. The fourth-order valence-electron chi connectivity index (χ4n) is 2.88. The topological polar surface area (TPSA) is 58.1 Å². The zero-order chi connectivity index (χ0) is 17.1. The molecule has 1 aromatic carbocycles. The highest BCUT2D eigenvalue weighted by Gasteiger charge is 2.27. The van der Waals surface area contributed by atoms with Crippen LogP contribution in [0.2, 0.25) is 0 Å². The third-order valence-corrected chi connectivity index (χ3v) is 4.30. The number of carbonyl (C=O) groups is 1. The monoisotopic (exact) mass is 328 g/mol.